The largest absolute Gasteiger partial charge is 0.483 e. The highest BCUT2D eigenvalue weighted by Crippen LogP contribution is 2.42. The van der Waals surface area contributed by atoms with Gasteiger partial charge in [0.25, 0.3) is 5.91 Å². The van der Waals surface area contributed by atoms with Crippen LogP contribution in [0, 0.1) is 6.92 Å². The van der Waals surface area contributed by atoms with Crippen LogP contribution in [-0.2, 0) is 19.6 Å². The van der Waals surface area contributed by atoms with Crippen LogP contribution in [-0.4, -0.2) is 62.4 Å². The van der Waals surface area contributed by atoms with E-state index in [1.54, 1.807) is 4.90 Å². The molecule has 7 nitrogen and oxygen atoms in total. The zero-order chi connectivity index (χ0) is 23.2. The molecular formula is C24H33ClN2O5S. The van der Waals surface area contributed by atoms with Crippen molar-refractivity contribution in [3.8, 4) is 5.75 Å². The first kappa shape index (κ1) is 23.4. The summed E-state index contributed by atoms with van der Waals surface area (Å²) in [4.78, 5) is 15.1. The Kier molecular flexibility index (Phi) is 6.64. The summed E-state index contributed by atoms with van der Waals surface area (Å²) in [5.74, 6) is 0.924. The SMILES string of the molecule is Cc1c(Cl)ccc2c1C1CCC(CC1)OCC1[C@@H](NS(=O)(=O)C3CC3)CCCN1C(=O)CO2. The van der Waals surface area contributed by atoms with Crippen LogP contribution in [0.4, 0.5) is 0 Å². The van der Waals surface area contributed by atoms with Gasteiger partial charge >= 0.3 is 0 Å². The molecule has 2 saturated carbocycles. The Balaban J connectivity index is 1.43. The molecule has 1 unspecified atom stereocenters. The van der Waals surface area contributed by atoms with Gasteiger partial charge in [-0.2, -0.15) is 0 Å². The number of halogens is 1. The standard InChI is InChI=1S/C24H33ClN2O5S/c1-15-19(25)10-11-22-24(15)16-4-6-17(7-5-16)31-13-21-20(26-33(29,30)18-8-9-18)3-2-12-27(21)23(28)14-32-22/h10-11,16-18,20-21,26H,2-9,12-14H2,1H3/t16?,17?,20-,21?/m0/s1. The molecule has 1 saturated heterocycles. The van der Waals surface area contributed by atoms with E-state index in [1.165, 1.54) is 0 Å². The lowest BCUT2D eigenvalue weighted by Crippen LogP contribution is -2.60. The highest BCUT2D eigenvalue weighted by Gasteiger charge is 2.42. The lowest BCUT2D eigenvalue weighted by Gasteiger charge is -2.42. The highest BCUT2D eigenvalue weighted by atomic mass is 35.5. The van der Waals surface area contributed by atoms with Crippen molar-refractivity contribution in [2.75, 3.05) is 19.8 Å². The summed E-state index contributed by atoms with van der Waals surface area (Å²) in [7, 11) is -3.36. The number of benzene rings is 1. The van der Waals surface area contributed by atoms with Gasteiger partial charge in [0.05, 0.1) is 24.0 Å². The number of nitrogens with one attached hydrogen (secondary N) is 1. The topological polar surface area (TPSA) is 84.9 Å². The van der Waals surface area contributed by atoms with E-state index >= 15 is 0 Å². The Labute approximate surface area is 201 Å². The van der Waals surface area contributed by atoms with Crippen molar-refractivity contribution in [3.05, 3.63) is 28.3 Å². The molecule has 2 bridgehead atoms. The fourth-order valence-electron chi connectivity index (χ4n) is 5.68. The van der Waals surface area contributed by atoms with E-state index < -0.39 is 10.0 Å². The Morgan fingerprint density at radius 1 is 1.09 bits per heavy atom. The van der Waals surface area contributed by atoms with Gasteiger partial charge in [-0.3, -0.25) is 4.79 Å². The molecule has 0 spiro atoms. The molecule has 1 aromatic rings. The molecule has 0 radical (unpaired) electrons. The minimum atomic E-state index is -3.36. The highest BCUT2D eigenvalue weighted by molar-refractivity contribution is 7.90. The van der Waals surface area contributed by atoms with Gasteiger partial charge in [0, 0.05) is 23.2 Å². The van der Waals surface area contributed by atoms with Crippen molar-refractivity contribution in [1.82, 2.24) is 9.62 Å². The molecule has 1 amide bonds. The van der Waals surface area contributed by atoms with Crippen LogP contribution in [0.5, 0.6) is 5.75 Å². The fourth-order valence-corrected chi connectivity index (χ4v) is 7.49. The van der Waals surface area contributed by atoms with Gasteiger partial charge in [-0.25, -0.2) is 13.1 Å². The number of fused-ring (bicyclic) bond motifs is 5. The maximum absolute atomic E-state index is 13.3. The van der Waals surface area contributed by atoms with Crippen molar-refractivity contribution in [3.63, 3.8) is 0 Å². The number of carbonyl (C=O) groups excluding carboxylic acids is 1. The summed E-state index contributed by atoms with van der Waals surface area (Å²) in [6, 6.07) is 3.05. The van der Waals surface area contributed by atoms with Crippen LogP contribution in [0.1, 0.15) is 68.4 Å². The third kappa shape index (κ3) is 4.90. The molecular weight excluding hydrogens is 464 g/mol. The Hall–Kier alpha value is -1.35. The van der Waals surface area contributed by atoms with Crippen molar-refractivity contribution in [2.45, 2.75) is 87.6 Å². The predicted octanol–water partition coefficient (Wildman–Crippen LogP) is 3.53. The van der Waals surface area contributed by atoms with Crippen LogP contribution in [0.25, 0.3) is 0 Å². The summed E-state index contributed by atoms with van der Waals surface area (Å²) in [6.45, 7) is 2.86. The molecule has 1 N–H and O–H groups in total. The normalized spacial score (nSPS) is 31.0. The van der Waals surface area contributed by atoms with Crippen LogP contribution >= 0.6 is 11.6 Å². The van der Waals surface area contributed by atoms with Crippen molar-refractivity contribution in [2.24, 2.45) is 0 Å². The molecule has 3 fully saturated rings. The number of amides is 1. The maximum atomic E-state index is 13.3. The number of rotatable bonds is 3. The Morgan fingerprint density at radius 2 is 1.85 bits per heavy atom. The van der Waals surface area contributed by atoms with E-state index in [4.69, 9.17) is 21.1 Å². The van der Waals surface area contributed by atoms with Gasteiger partial charge < -0.3 is 14.4 Å². The molecule has 3 heterocycles. The second-order valence-corrected chi connectivity index (χ2v) is 12.3. The van der Waals surface area contributed by atoms with Gasteiger partial charge in [0.2, 0.25) is 10.0 Å². The first-order valence-corrected chi connectivity index (χ1v) is 14.1. The first-order chi connectivity index (χ1) is 15.8. The molecule has 5 aliphatic rings. The third-order valence-corrected chi connectivity index (χ3v) is 10.1. The molecule has 9 heteroatoms. The average molecular weight is 497 g/mol. The van der Waals surface area contributed by atoms with E-state index in [0.29, 0.717) is 43.4 Å². The van der Waals surface area contributed by atoms with E-state index in [2.05, 4.69) is 4.72 Å². The zero-order valence-corrected chi connectivity index (χ0v) is 20.7. The van der Waals surface area contributed by atoms with Gasteiger partial charge in [0.15, 0.2) is 6.61 Å². The quantitative estimate of drug-likeness (QED) is 0.692. The molecule has 1 aromatic carbocycles. The smallest absolute Gasteiger partial charge is 0.260 e. The minimum absolute atomic E-state index is 0.0805. The lowest BCUT2D eigenvalue weighted by atomic mass is 9.80. The van der Waals surface area contributed by atoms with Crippen LogP contribution < -0.4 is 9.46 Å². The molecule has 6 rings (SSSR count). The van der Waals surface area contributed by atoms with Gasteiger partial charge in [-0.15, -0.1) is 0 Å². The van der Waals surface area contributed by atoms with Crippen molar-refractivity contribution >= 4 is 27.5 Å². The lowest BCUT2D eigenvalue weighted by molar-refractivity contribution is -0.140. The second-order valence-electron chi connectivity index (χ2n) is 9.95. The number of carbonyl (C=O) groups is 1. The maximum Gasteiger partial charge on any atom is 0.260 e. The Bertz CT molecular complexity index is 1000. The second kappa shape index (κ2) is 9.36. The van der Waals surface area contributed by atoms with Crippen LogP contribution in [0.2, 0.25) is 5.02 Å². The van der Waals surface area contributed by atoms with E-state index in [9.17, 15) is 13.2 Å². The number of piperidine rings is 1. The van der Waals surface area contributed by atoms with E-state index in [-0.39, 0.29) is 36.0 Å². The average Bonchev–Trinajstić information content (AvgIpc) is 3.65. The van der Waals surface area contributed by atoms with Crippen molar-refractivity contribution < 1.29 is 22.7 Å². The fraction of sp³-hybridized carbons (Fsp3) is 0.708. The molecule has 2 aliphatic carbocycles. The summed E-state index contributed by atoms with van der Waals surface area (Å²) < 4.78 is 40.7. The third-order valence-electron chi connectivity index (χ3n) is 7.72. The zero-order valence-electron chi connectivity index (χ0n) is 19.1. The minimum Gasteiger partial charge on any atom is -0.483 e. The Morgan fingerprint density at radius 3 is 2.58 bits per heavy atom. The van der Waals surface area contributed by atoms with Gasteiger partial charge in [-0.1, -0.05) is 11.6 Å². The number of sulfonamides is 1. The summed E-state index contributed by atoms with van der Waals surface area (Å²) in [5, 5.41) is 0.428. The first-order valence-electron chi connectivity index (χ1n) is 12.2. The summed E-state index contributed by atoms with van der Waals surface area (Å²) in [6.07, 6.45) is 6.80. The van der Waals surface area contributed by atoms with Gasteiger partial charge in [-0.05, 0) is 81.9 Å². The summed E-state index contributed by atoms with van der Waals surface area (Å²) >= 11 is 6.44. The van der Waals surface area contributed by atoms with Crippen LogP contribution in [0.3, 0.4) is 0 Å². The molecule has 3 aliphatic heterocycles. The van der Waals surface area contributed by atoms with E-state index in [0.717, 1.165) is 49.0 Å². The van der Waals surface area contributed by atoms with Crippen molar-refractivity contribution in [1.29, 1.82) is 0 Å². The molecule has 182 valence electrons. The van der Waals surface area contributed by atoms with Crippen LogP contribution in [0.15, 0.2) is 12.1 Å². The number of nitrogens with zero attached hydrogens (tertiary/aromatic N) is 1. The number of hydrogen-bond acceptors (Lipinski definition) is 5. The molecule has 33 heavy (non-hydrogen) atoms. The molecule has 0 aromatic heterocycles. The number of hydrogen-bond donors (Lipinski definition) is 1. The predicted molar refractivity (Wildman–Crippen MR) is 126 cm³/mol. The molecule has 2 atom stereocenters. The number of ether oxygens (including phenoxy) is 2. The summed E-state index contributed by atoms with van der Waals surface area (Å²) in [5.41, 5.74) is 2.13. The van der Waals surface area contributed by atoms with E-state index in [1.807, 2.05) is 19.1 Å². The van der Waals surface area contributed by atoms with Gasteiger partial charge in [0.1, 0.15) is 5.75 Å². The monoisotopic (exact) mass is 496 g/mol.